The molecule has 0 aliphatic carbocycles. The number of hydrogen-bond acceptors (Lipinski definition) is 6. The van der Waals surface area contributed by atoms with Gasteiger partial charge in [-0.2, -0.15) is 4.98 Å². The normalized spacial score (nSPS) is 10.4. The highest BCUT2D eigenvalue weighted by Crippen LogP contribution is 2.14. The predicted octanol–water partition coefficient (Wildman–Crippen LogP) is 0.827. The van der Waals surface area contributed by atoms with Crippen molar-refractivity contribution in [3.05, 3.63) is 30.4 Å². The SMILES string of the molecule is COCCC(=O)NCCc1noc(-c2cccnc2)n1. The van der Waals surface area contributed by atoms with Gasteiger partial charge in [0.25, 0.3) is 5.89 Å². The first-order chi connectivity index (χ1) is 9.79. The van der Waals surface area contributed by atoms with Crippen molar-refractivity contribution in [1.29, 1.82) is 0 Å². The number of ether oxygens (including phenoxy) is 1. The molecule has 0 radical (unpaired) electrons. The van der Waals surface area contributed by atoms with E-state index in [9.17, 15) is 4.79 Å². The average molecular weight is 276 g/mol. The second-order valence-corrected chi connectivity index (χ2v) is 4.10. The van der Waals surface area contributed by atoms with E-state index >= 15 is 0 Å². The van der Waals surface area contributed by atoms with Crippen LogP contribution in [0.1, 0.15) is 12.2 Å². The predicted molar refractivity (Wildman–Crippen MR) is 70.7 cm³/mol. The van der Waals surface area contributed by atoms with Crippen LogP contribution < -0.4 is 5.32 Å². The third-order valence-electron chi connectivity index (χ3n) is 2.58. The minimum absolute atomic E-state index is 0.0529. The third-order valence-corrected chi connectivity index (χ3v) is 2.58. The highest BCUT2D eigenvalue weighted by atomic mass is 16.5. The molecule has 0 fully saturated rings. The number of methoxy groups -OCH3 is 1. The van der Waals surface area contributed by atoms with Crippen LogP contribution in [0.15, 0.2) is 29.0 Å². The number of nitrogens with one attached hydrogen (secondary N) is 1. The Kier molecular flexibility index (Phi) is 5.19. The monoisotopic (exact) mass is 276 g/mol. The third kappa shape index (κ3) is 4.13. The summed E-state index contributed by atoms with van der Waals surface area (Å²) in [4.78, 5) is 19.6. The summed E-state index contributed by atoms with van der Waals surface area (Å²) in [6.07, 6.45) is 4.20. The Hall–Kier alpha value is -2.28. The van der Waals surface area contributed by atoms with E-state index in [-0.39, 0.29) is 5.91 Å². The van der Waals surface area contributed by atoms with Crippen molar-refractivity contribution in [1.82, 2.24) is 20.4 Å². The molecule has 1 amide bonds. The minimum Gasteiger partial charge on any atom is -0.384 e. The highest BCUT2D eigenvalue weighted by Gasteiger charge is 2.09. The molecule has 0 aliphatic rings. The second-order valence-electron chi connectivity index (χ2n) is 4.10. The molecule has 0 bridgehead atoms. The van der Waals surface area contributed by atoms with Crippen LogP contribution in [-0.2, 0) is 16.0 Å². The molecule has 2 heterocycles. The first-order valence-corrected chi connectivity index (χ1v) is 6.28. The van der Waals surface area contributed by atoms with Gasteiger partial charge in [0.15, 0.2) is 5.82 Å². The molecule has 2 aromatic rings. The van der Waals surface area contributed by atoms with Crippen molar-refractivity contribution < 1.29 is 14.1 Å². The lowest BCUT2D eigenvalue weighted by atomic mass is 10.3. The maximum Gasteiger partial charge on any atom is 0.259 e. The van der Waals surface area contributed by atoms with Gasteiger partial charge >= 0.3 is 0 Å². The van der Waals surface area contributed by atoms with Gasteiger partial charge in [0.05, 0.1) is 12.2 Å². The van der Waals surface area contributed by atoms with Gasteiger partial charge in [-0.25, -0.2) is 0 Å². The highest BCUT2D eigenvalue weighted by molar-refractivity contribution is 5.75. The van der Waals surface area contributed by atoms with Crippen molar-refractivity contribution in [2.75, 3.05) is 20.3 Å². The molecule has 7 heteroatoms. The Morgan fingerprint density at radius 1 is 1.50 bits per heavy atom. The van der Waals surface area contributed by atoms with E-state index < -0.39 is 0 Å². The molecule has 0 aromatic carbocycles. The first-order valence-electron chi connectivity index (χ1n) is 6.28. The van der Waals surface area contributed by atoms with Gasteiger partial charge in [-0.15, -0.1) is 0 Å². The van der Waals surface area contributed by atoms with E-state index in [1.54, 1.807) is 25.6 Å². The molecule has 2 aromatic heterocycles. The number of aromatic nitrogens is 3. The van der Waals surface area contributed by atoms with Crippen molar-refractivity contribution in [3.8, 4) is 11.5 Å². The number of pyridine rings is 1. The van der Waals surface area contributed by atoms with Gasteiger partial charge in [-0.3, -0.25) is 9.78 Å². The molecule has 0 saturated heterocycles. The smallest absolute Gasteiger partial charge is 0.259 e. The van der Waals surface area contributed by atoms with Crippen molar-refractivity contribution in [2.24, 2.45) is 0 Å². The van der Waals surface area contributed by atoms with E-state index in [4.69, 9.17) is 9.26 Å². The van der Waals surface area contributed by atoms with Crippen molar-refractivity contribution >= 4 is 5.91 Å². The minimum atomic E-state index is -0.0529. The molecular weight excluding hydrogens is 260 g/mol. The van der Waals surface area contributed by atoms with Crippen LogP contribution in [0.5, 0.6) is 0 Å². The molecule has 0 aliphatic heterocycles. The van der Waals surface area contributed by atoms with E-state index in [1.165, 1.54) is 0 Å². The fourth-order valence-corrected chi connectivity index (χ4v) is 1.56. The van der Waals surface area contributed by atoms with Gasteiger partial charge in [0.2, 0.25) is 5.91 Å². The van der Waals surface area contributed by atoms with Gasteiger partial charge < -0.3 is 14.6 Å². The summed E-state index contributed by atoms with van der Waals surface area (Å²) >= 11 is 0. The van der Waals surface area contributed by atoms with Gasteiger partial charge in [0, 0.05) is 38.9 Å². The summed E-state index contributed by atoms with van der Waals surface area (Å²) in [5.41, 5.74) is 0.774. The summed E-state index contributed by atoms with van der Waals surface area (Å²) < 4.78 is 9.96. The number of nitrogens with zero attached hydrogens (tertiary/aromatic N) is 3. The molecule has 1 N–H and O–H groups in total. The zero-order chi connectivity index (χ0) is 14.2. The quantitative estimate of drug-likeness (QED) is 0.805. The van der Waals surface area contributed by atoms with Crippen LogP contribution >= 0.6 is 0 Å². The molecule has 0 spiro atoms. The van der Waals surface area contributed by atoms with Crippen molar-refractivity contribution in [2.45, 2.75) is 12.8 Å². The van der Waals surface area contributed by atoms with Crippen LogP contribution in [0.25, 0.3) is 11.5 Å². The zero-order valence-corrected chi connectivity index (χ0v) is 11.2. The van der Waals surface area contributed by atoms with Crippen LogP contribution in [0.3, 0.4) is 0 Å². The lowest BCUT2D eigenvalue weighted by Gasteiger charge is -2.02. The van der Waals surface area contributed by atoms with Gasteiger partial charge in [-0.1, -0.05) is 5.16 Å². The Balaban J connectivity index is 1.80. The molecular formula is C13H16N4O3. The van der Waals surface area contributed by atoms with Gasteiger partial charge in [-0.05, 0) is 12.1 Å². The first kappa shape index (κ1) is 14.1. The van der Waals surface area contributed by atoms with Crippen LogP contribution in [0, 0.1) is 0 Å². The Morgan fingerprint density at radius 2 is 2.40 bits per heavy atom. The average Bonchev–Trinajstić information content (AvgIpc) is 2.95. The maximum atomic E-state index is 11.4. The summed E-state index contributed by atoms with van der Waals surface area (Å²) in [6, 6.07) is 3.64. The van der Waals surface area contributed by atoms with Crippen LogP contribution in [-0.4, -0.2) is 41.3 Å². The Morgan fingerprint density at radius 3 is 3.15 bits per heavy atom. The molecule has 2 rings (SSSR count). The van der Waals surface area contributed by atoms with Crippen LogP contribution in [0.2, 0.25) is 0 Å². The van der Waals surface area contributed by atoms with E-state index in [0.29, 0.717) is 37.7 Å². The number of rotatable bonds is 7. The molecule has 7 nitrogen and oxygen atoms in total. The van der Waals surface area contributed by atoms with E-state index in [2.05, 4.69) is 20.4 Å². The molecule has 0 unspecified atom stereocenters. The van der Waals surface area contributed by atoms with Gasteiger partial charge in [0.1, 0.15) is 0 Å². The Labute approximate surface area is 116 Å². The molecule has 0 atom stereocenters. The summed E-state index contributed by atoms with van der Waals surface area (Å²) in [5, 5.41) is 6.62. The van der Waals surface area contributed by atoms with E-state index in [0.717, 1.165) is 5.56 Å². The molecule has 20 heavy (non-hydrogen) atoms. The molecule has 106 valence electrons. The van der Waals surface area contributed by atoms with Crippen LogP contribution in [0.4, 0.5) is 0 Å². The number of carbonyl (C=O) groups excluding carboxylic acids is 1. The topological polar surface area (TPSA) is 90.1 Å². The fourth-order valence-electron chi connectivity index (χ4n) is 1.56. The summed E-state index contributed by atoms with van der Waals surface area (Å²) in [5.74, 6) is 0.928. The number of amides is 1. The molecule has 0 saturated carbocycles. The van der Waals surface area contributed by atoms with Crippen molar-refractivity contribution in [3.63, 3.8) is 0 Å². The summed E-state index contributed by atoms with van der Waals surface area (Å²) in [7, 11) is 1.56. The largest absolute Gasteiger partial charge is 0.384 e. The Bertz CT molecular complexity index is 542. The number of hydrogen-bond donors (Lipinski definition) is 1. The number of carbonyl (C=O) groups is 1. The fraction of sp³-hybridized carbons (Fsp3) is 0.385. The van der Waals surface area contributed by atoms with E-state index in [1.807, 2.05) is 6.07 Å². The standard InChI is InChI=1S/C13H16N4O3/c1-19-8-5-12(18)15-7-4-11-16-13(20-17-11)10-3-2-6-14-9-10/h2-3,6,9H,4-5,7-8H2,1H3,(H,15,18). The lowest BCUT2D eigenvalue weighted by Crippen LogP contribution is -2.26. The lowest BCUT2D eigenvalue weighted by molar-refractivity contribution is -0.121. The maximum absolute atomic E-state index is 11.4. The zero-order valence-electron chi connectivity index (χ0n) is 11.2. The summed E-state index contributed by atoms with van der Waals surface area (Å²) in [6.45, 7) is 0.883. The second kappa shape index (κ2) is 7.34.